The standard InChI is InChI=1S/C27H26N2O7S/c1-6-18-22(26(32)35-5)23(17-10-8-7-9-11-17)29-25(31)21(37-27(29)28-18)14-16-12-19(33-3)24(36-15(2)30)20(13-16)34-4/h7-14,23H,6H2,1-5H3/b21-14+/t23-/m0/s1. The van der Waals surface area contributed by atoms with Crippen LogP contribution in [-0.2, 0) is 14.3 Å². The third-order valence-electron chi connectivity index (χ3n) is 5.79. The molecule has 0 saturated heterocycles. The van der Waals surface area contributed by atoms with Gasteiger partial charge < -0.3 is 18.9 Å². The number of allylic oxidation sites excluding steroid dienone is 1. The van der Waals surface area contributed by atoms with E-state index in [4.69, 9.17) is 18.9 Å². The molecule has 3 aromatic rings. The van der Waals surface area contributed by atoms with Gasteiger partial charge in [0, 0.05) is 6.92 Å². The molecule has 0 spiro atoms. The SMILES string of the molecule is CCC1=C(C(=O)OC)[C@H](c2ccccc2)n2c(s/c(=C/c3cc(OC)c(OC(C)=O)c(OC)c3)c2=O)=N1. The van der Waals surface area contributed by atoms with Gasteiger partial charge in [-0.2, -0.15) is 0 Å². The monoisotopic (exact) mass is 522 g/mol. The van der Waals surface area contributed by atoms with E-state index in [2.05, 4.69) is 4.99 Å². The Morgan fingerprint density at radius 3 is 2.27 bits per heavy atom. The molecule has 10 heteroatoms. The highest BCUT2D eigenvalue weighted by molar-refractivity contribution is 7.07. The average Bonchev–Trinajstić information content (AvgIpc) is 3.22. The van der Waals surface area contributed by atoms with Crippen molar-refractivity contribution in [1.82, 2.24) is 4.57 Å². The molecule has 0 saturated carbocycles. The predicted octanol–water partition coefficient (Wildman–Crippen LogP) is 2.74. The number of esters is 2. The fourth-order valence-corrected chi connectivity index (χ4v) is 5.21. The number of ether oxygens (including phenoxy) is 4. The van der Waals surface area contributed by atoms with Gasteiger partial charge in [0.25, 0.3) is 5.56 Å². The molecule has 0 radical (unpaired) electrons. The van der Waals surface area contributed by atoms with Crippen molar-refractivity contribution < 1.29 is 28.5 Å². The number of hydrogen-bond acceptors (Lipinski definition) is 9. The van der Waals surface area contributed by atoms with Gasteiger partial charge in [-0.3, -0.25) is 14.2 Å². The summed E-state index contributed by atoms with van der Waals surface area (Å²) in [5, 5.41) is 0. The van der Waals surface area contributed by atoms with E-state index in [9.17, 15) is 14.4 Å². The molecule has 37 heavy (non-hydrogen) atoms. The minimum Gasteiger partial charge on any atom is -0.493 e. The lowest BCUT2D eigenvalue weighted by atomic mass is 9.95. The normalized spacial score (nSPS) is 15.1. The Labute approximate surface area is 216 Å². The predicted molar refractivity (Wildman–Crippen MR) is 138 cm³/mol. The van der Waals surface area contributed by atoms with Gasteiger partial charge >= 0.3 is 11.9 Å². The van der Waals surface area contributed by atoms with Gasteiger partial charge in [0.05, 0.1) is 43.2 Å². The van der Waals surface area contributed by atoms with Crippen molar-refractivity contribution in [3.05, 3.63) is 84.5 Å². The molecule has 9 nitrogen and oxygen atoms in total. The van der Waals surface area contributed by atoms with Gasteiger partial charge in [-0.15, -0.1) is 0 Å². The first kappa shape index (κ1) is 25.9. The van der Waals surface area contributed by atoms with Crippen LogP contribution in [0.25, 0.3) is 6.08 Å². The first-order valence-corrected chi connectivity index (χ1v) is 12.3. The zero-order chi connectivity index (χ0) is 26.7. The summed E-state index contributed by atoms with van der Waals surface area (Å²) >= 11 is 1.21. The van der Waals surface area contributed by atoms with Crippen molar-refractivity contribution in [1.29, 1.82) is 0 Å². The zero-order valence-corrected chi connectivity index (χ0v) is 21.9. The summed E-state index contributed by atoms with van der Waals surface area (Å²) in [5.41, 5.74) is 1.96. The van der Waals surface area contributed by atoms with Crippen molar-refractivity contribution in [3.8, 4) is 17.2 Å². The molecule has 192 valence electrons. The zero-order valence-electron chi connectivity index (χ0n) is 21.1. The van der Waals surface area contributed by atoms with Gasteiger partial charge in [0.2, 0.25) is 5.75 Å². The quantitative estimate of drug-likeness (QED) is 0.347. The number of methoxy groups -OCH3 is 3. The van der Waals surface area contributed by atoms with Gasteiger partial charge in [-0.25, -0.2) is 9.79 Å². The Kier molecular flexibility index (Phi) is 7.58. The fraction of sp³-hybridized carbons (Fsp3) is 0.259. The van der Waals surface area contributed by atoms with E-state index in [0.29, 0.717) is 32.6 Å². The van der Waals surface area contributed by atoms with Gasteiger partial charge in [0.1, 0.15) is 0 Å². The molecule has 0 N–H and O–H groups in total. The highest BCUT2D eigenvalue weighted by Gasteiger charge is 2.33. The molecule has 1 aliphatic rings. The van der Waals surface area contributed by atoms with E-state index >= 15 is 0 Å². The lowest BCUT2D eigenvalue weighted by molar-refractivity contribution is -0.136. The van der Waals surface area contributed by atoms with E-state index in [-0.39, 0.29) is 22.8 Å². The van der Waals surface area contributed by atoms with Crippen LogP contribution in [0.3, 0.4) is 0 Å². The van der Waals surface area contributed by atoms with Crippen LogP contribution in [-0.4, -0.2) is 37.8 Å². The van der Waals surface area contributed by atoms with Crippen LogP contribution in [0.5, 0.6) is 17.2 Å². The smallest absolute Gasteiger partial charge is 0.338 e. The van der Waals surface area contributed by atoms with Crippen LogP contribution >= 0.6 is 11.3 Å². The summed E-state index contributed by atoms with van der Waals surface area (Å²) in [4.78, 5) is 43.3. The molecule has 1 atom stereocenters. The van der Waals surface area contributed by atoms with Gasteiger partial charge in [-0.05, 0) is 35.8 Å². The van der Waals surface area contributed by atoms with Gasteiger partial charge in [0.15, 0.2) is 16.3 Å². The first-order valence-electron chi connectivity index (χ1n) is 11.4. The van der Waals surface area contributed by atoms with Crippen molar-refractivity contribution in [2.24, 2.45) is 4.99 Å². The number of fused-ring (bicyclic) bond motifs is 1. The summed E-state index contributed by atoms with van der Waals surface area (Å²) in [6, 6.07) is 11.9. The molecule has 4 rings (SSSR count). The molecule has 1 aromatic heterocycles. The lowest BCUT2D eigenvalue weighted by Gasteiger charge is -2.25. The van der Waals surface area contributed by atoms with Crippen molar-refractivity contribution in [2.75, 3.05) is 21.3 Å². The fourth-order valence-electron chi connectivity index (χ4n) is 4.19. The Morgan fingerprint density at radius 1 is 1.08 bits per heavy atom. The van der Waals surface area contributed by atoms with Crippen LogP contribution in [0.15, 0.2) is 63.5 Å². The second-order valence-electron chi connectivity index (χ2n) is 8.05. The maximum absolute atomic E-state index is 13.8. The number of hydrogen-bond donors (Lipinski definition) is 0. The Bertz CT molecular complexity index is 1540. The molecule has 0 unspecified atom stereocenters. The summed E-state index contributed by atoms with van der Waals surface area (Å²) in [6.45, 7) is 3.19. The minimum atomic E-state index is -0.683. The third-order valence-corrected chi connectivity index (χ3v) is 6.77. The van der Waals surface area contributed by atoms with E-state index in [0.717, 1.165) is 5.56 Å². The summed E-state index contributed by atoms with van der Waals surface area (Å²) < 4.78 is 23.1. The van der Waals surface area contributed by atoms with E-state index in [1.807, 2.05) is 37.3 Å². The number of rotatable bonds is 7. The number of aromatic nitrogens is 1. The molecule has 0 amide bonds. The lowest BCUT2D eigenvalue weighted by Crippen LogP contribution is -2.40. The second kappa shape index (κ2) is 10.8. The number of carbonyl (C=O) groups is 2. The molecule has 0 bridgehead atoms. The van der Waals surface area contributed by atoms with E-state index in [1.165, 1.54) is 44.2 Å². The second-order valence-corrected chi connectivity index (χ2v) is 9.06. The topological polar surface area (TPSA) is 105 Å². The molecule has 0 aliphatic carbocycles. The number of carbonyl (C=O) groups excluding carboxylic acids is 2. The van der Waals surface area contributed by atoms with E-state index < -0.39 is 18.0 Å². The van der Waals surface area contributed by atoms with Crippen LogP contribution in [0, 0.1) is 0 Å². The average molecular weight is 523 g/mol. The maximum Gasteiger partial charge on any atom is 0.338 e. The van der Waals surface area contributed by atoms with Crippen LogP contribution in [0.4, 0.5) is 0 Å². The van der Waals surface area contributed by atoms with Crippen LogP contribution in [0.1, 0.15) is 37.4 Å². The van der Waals surface area contributed by atoms with E-state index in [1.54, 1.807) is 18.2 Å². The summed E-state index contributed by atoms with van der Waals surface area (Å²) in [5.74, 6) is -0.351. The van der Waals surface area contributed by atoms with Crippen molar-refractivity contribution >= 4 is 29.4 Å². The molecule has 2 aromatic carbocycles. The molecular formula is C27H26N2O7S. The molecule has 2 heterocycles. The van der Waals surface area contributed by atoms with Crippen LogP contribution < -0.4 is 29.1 Å². The highest BCUT2D eigenvalue weighted by atomic mass is 32.1. The van der Waals surface area contributed by atoms with Gasteiger partial charge in [-0.1, -0.05) is 48.6 Å². The Hall–Kier alpha value is -4.18. The largest absolute Gasteiger partial charge is 0.493 e. The molecule has 0 fully saturated rings. The Morgan fingerprint density at radius 2 is 1.73 bits per heavy atom. The minimum absolute atomic E-state index is 0.149. The summed E-state index contributed by atoms with van der Waals surface area (Å²) in [6.07, 6.45) is 2.17. The summed E-state index contributed by atoms with van der Waals surface area (Å²) in [7, 11) is 4.20. The molecular weight excluding hydrogens is 496 g/mol. The first-order chi connectivity index (χ1) is 17.8. The number of thiazole rings is 1. The third kappa shape index (κ3) is 4.92. The van der Waals surface area contributed by atoms with Crippen molar-refractivity contribution in [2.45, 2.75) is 26.3 Å². The number of benzene rings is 2. The van der Waals surface area contributed by atoms with Crippen molar-refractivity contribution in [3.63, 3.8) is 0 Å². The van der Waals surface area contributed by atoms with Crippen LogP contribution in [0.2, 0.25) is 0 Å². The maximum atomic E-state index is 13.8. The highest BCUT2D eigenvalue weighted by Crippen LogP contribution is 2.39. The number of nitrogens with zero attached hydrogens (tertiary/aromatic N) is 2. The Balaban J connectivity index is 1.95. The molecule has 1 aliphatic heterocycles.